The Kier molecular flexibility index (Phi) is 5.72. The van der Waals surface area contributed by atoms with E-state index in [1.165, 1.54) is 16.3 Å². The number of amides is 1. The lowest BCUT2D eigenvalue weighted by molar-refractivity contribution is -0.129. The van der Waals surface area contributed by atoms with E-state index in [0.29, 0.717) is 13.0 Å². The normalized spacial score (nSPS) is 11.0. The molecule has 1 heterocycles. The molecule has 0 aliphatic carbocycles. The van der Waals surface area contributed by atoms with Crippen LogP contribution in [0.15, 0.2) is 72.8 Å². The number of nitrogens with zero attached hydrogens (tertiary/aromatic N) is 2. The monoisotopic (exact) mass is 400 g/mol. The molecule has 0 fully saturated rings. The maximum Gasteiger partial charge on any atom is 0.227 e. The first-order valence-corrected chi connectivity index (χ1v) is 10.6. The van der Waals surface area contributed by atoms with Crippen molar-refractivity contribution in [3.05, 3.63) is 99.5 Å². The number of thiazole rings is 1. The molecular formula is C25H24N2OS. The molecule has 4 rings (SSSR count). The van der Waals surface area contributed by atoms with Gasteiger partial charge in [-0.1, -0.05) is 72.8 Å². The van der Waals surface area contributed by atoms with Gasteiger partial charge in [-0.25, -0.2) is 4.98 Å². The average molecular weight is 401 g/mol. The number of benzene rings is 3. The lowest BCUT2D eigenvalue weighted by Gasteiger charge is -2.17. The number of carbonyl (C=O) groups excluding carboxylic acids is 1. The summed E-state index contributed by atoms with van der Waals surface area (Å²) in [7, 11) is 1.86. The van der Waals surface area contributed by atoms with Crippen molar-refractivity contribution < 1.29 is 4.79 Å². The molecule has 4 heteroatoms. The summed E-state index contributed by atoms with van der Waals surface area (Å²) in [6.45, 7) is 2.63. The van der Waals surface area contributed by atoms with Gasteiger partial charge in [0.15, 0.2) is 0 Å². The molecule has 146 valence electrons. The smallest absolute Gasteiger partial charge is 0.227 e. The van der Waals surface area contributed by atoms with Crippen LogP contribution in [0.3, 0.4) is 0 Å². The maximum absolute atomic E-state index is 12.7. The molecule has 3 aromatic carbocycles. The topological polar surface area (TPSA) is 33.2 Å². The van der Waals surface area contributed by atoms with Gasteiger partial charge in [0.2, 0.25) is 5.91 Å². The van der Waals surface area contributed by atoms with Crippen molar-refractivity contribution in [3.8, 4) is 0 Å². The van der Waals surface area contributed by atoms with E-state index < -0.39 is 0 Å². The first-order valence-electron chi connectivity index (χ1n) is 9.80. The van der Waals surface area contributed by atoms with Crippen LogP contribution < -0.4 is 0 Å². The second kappa shape index (κ2) is 8.58. The fourth-order valence-electron chi connectivity index (χ4n) is 3.56. The van der Waals surface area contributed by atoms with Crippen LogP contribution in [0, 0.1) is 6.92 Å². The first-order chi connectivity index (χ1) is 14.1. The number of aromatic nitrogens is 1. The number of carbonyl (C=O) groups is 1. The Bertz CT molecular complexity index is 1130. The van der Waals surface area contributed by atoms with Gasteiger partial charge in [-0.2, -0.15) is 0 Å². The zero-order chi connectivity index (χ0) is 20.2. The Morgan fingerprint density at radius 1 is 0.966 bits per heavy atom. The lowest BCUT2D eigenvalue weighted by atomic mass is 10.0. The highest BCUT2D eigenvalue weighted by atomic mass is 32.1. The van der Waals surface area contributed by atoms with Crippen molar-refractivity contribution in [3.63, 3.8) is 0 Å². The summed E-state index contributed by atoms with van der Waals surface area (Å²) in [6, 6.07) is 24.9. The van der Waals surface area contributed by atoms with Crippen molar-refractivity contribution in [1.82, 2.24) is 9.88 Å². The zero-order valence-corrected chi connectivity index (χ0v) is 17.6. The van der Waals surface area contributed by atoms with Crippen molar-refractivity contribution in [2.24, 2.45) is 0 Å². The quantitative estimate of drug-likeness (QED) is 0.434. The number of hydrogen-bond acceptors (Lipinski definition) is 3. The van der Waals surface area contributed by atoms with E-state index in [9.17, 15) is 4.79 Å². The van der Waals surface area contributed by atoms with Crippen LogP contribution in [0.2, 0.25) is 0 Å². The molecule has 0 N–H and O–H groups in total. The van der Waals surface area contributed by atoms with E-state index in [2.05, 4.69) is 42.5 Å². The van der Waals surface area contributed by atoms with Gasteiger partial charge in [0.25, 0.3) is 0 Å². The number of fused-ring (bicyclic) bond motifs is 1. The molecule has 0 aliphatic rings. The maximum atomic E-state index is 12.7. The fraction of sp³-hybridized carbons (Fsp3) is 0.200. The second-order valence-electron chi connectivity index (χ2n) is 7.34. The molecule has 0 aliphatic heterocycles. The van der Waals surface area contributed by atoms with Gasteiger partial charge >= 0.3 is 0 Å². The molecule has 0 radical (unpaired) electrons. The van der Waals surface area contributed by atoms with Gasteiger partial charge in [-0.05, 0) is 28.8 Å². The number of likely N-dealkylation sites (N-methyl/N-ethyl adjacent to an activating group) is 1. The van der Waals surface area contributed by atoms with Crippen molar-refractivity contribution in [2.75, 3.05) is 7.05 Å². The van der Waals surface area contributed by atoms with E-state index in [0.717, 1.165) is 27.6 Å². The van der Waals surface area contributed by atoms with E-state index in [1.807, 2.05) is 44.3 Å². The predicted octanol–water partition coefficient (Wildman–Crippen LogP) is 5.40. The summed E-state index contributed by atoms with van der Waals surface area (Å²) in [4.78, 5) is 20.3. The van der Waals surface area contributed by atoms with Gasteiger partial charge in [0.1, 0.15) is 0 Å². The minimum absolute atomic E-state index is 0.123. The first kappa shape index (κ1) is 19.3. The molecule has 1 aromatic heterocycles. The van der Waals surface area contributed by atoms with E-state index in [-0.39, 0.29) is 5.91 Å². The predicted molar refractivity (Wildman–Crippen MR) is 120 cm³/mol. The summed E-state index contributed by atoms with van der Waals surface area (Å²) >= 11 is 1.66. The third-order valence-electron chi connectivity index (χ3n) is 5.16. The largest absolute Gasteiger partial charge is 0.341 e. The van der Waals surface area contributed by atoms with Gasteiger partial charge < -0.3 is 4.90 Å². The van der Waals surface area contributed by atoms with Gasteiger partial charge in [-0.15, -0.1) is 11.3 Å². The molecule has 29 heavy (non-hydrogen) atoms. The summed E-state index contributed by atoms with van der Waals surface area (Å²) in [6.07, 6.45) is 1.20. The molecule has 3 nitrogen and oxygen atoms in total. The zero-order valence-electron chi connectivity index (χ0n) is 16.8. The second-order valence-corrected chi connectivity index (χ2v) is 8.51. The molecular weight excluding hydrogens is 376 g/mol. The fourth-order valence-corrected chi connectivity index (χ4v) is 4.64. The Labute approximate surface area is 175 Å². The average Bonchev–Trinajstić information content (AvgIpc) is 3.07. The van der Waals surface area contributed by atoms with E-state index in [1.54, 1.807) is 16.2 Å². The summed E-state index contributed by atoms with van der Waals surface area (Å²) in [5.41, 5.74) is 3.38. The SMILES string of the molecule is Cc1nc(Cc2cccc3ccccc23)sc1CC(=O)N(C)Cc1ccccc1. The van der Waals surface area contributed by atoms with E-state index >= 15 is 0 Å². The van der Waals surface area contributed by atoms with Crippen LogP contribution in [0.5, 0.6) is 0 Å². The highest BCUT2D eigenvalue weighted by Gasteiger charge is 2.16. The Balaban J connectivity index is 1.47. The third-order valence-corrected chi connectivity index (χ3v) is 6.32. The van der Waals surface area contributed by atoms with Gasteiger partial charge in [0.05, 0.1) is 17.1 Å². The van der Waals surface area contributed by atoms with Crippen molar-refractivity contribution in [2.45, 2.75) is 26.3 Å². The number of hydrogen-bond donors (Lipinski definition) is 0. The summed E-state index contributed by atoms with van der Waals surface area (Å²) in [5.74, 6) is 0.123. The van der Waals surface area contributed by atoms with Gasteiger partial charge in [0, 0.05) is 24.9 Å². The van der Waals surface area contributed by atoms with Crippen LogP contribution in [0.25, 0.3) is 10.8 Å². The molecule has 4 aromatic rings. The van der Waals surface area contributed by atoms with Crippen LogP contribution in [0.4, 0.5) is 0 Å². The Hall–Kier alpha value is -2.98. The molecule has 0 saturated carbocycles. The Morgan fingerprint density at radius 3 is 2.52 bits per heavy atom. The lowest BCUT2D eigenvalue weighted by Crippen LogP contribution is -2.27. The standard InChI is InChI=1S/C25H24N2OS/c1-18-23(16-25(28)27(2)17-19-9-4-3-5-10-19)29-24(26-18)15-21-13-8-12-20-11-6-7-14-22(20)21/h3-14H,15-17H2,1-2H3. The van der Waals surface area contributed by atoms with Gasteiger partial charge in [-0.3, -0.25) is 4.79 Å². The summed E-state index contributed by atoms with van der Waals surface area (Å²) in [5, 5.41) is 3.58. The minimum Gasteiger partial charge on any atom is -0.341 e. The van der Waals surface area contributed by atoms with Crippen molar-refractivity contribution in [1.29, 1.82) is 0 Å². The Morgan fingerprint density at radius 2 is 1.69 bits per heavy atom. The van der Waals surface area contributed by atoms with Crippen LogP contribution in [-0.2, 0) is 24.2 Å². The molecule has 0 saturated heterocycles. The highest BCUT2D eigenvalue weighted by Crippen LogP contribution is 2.25. The van der Waals surface area contributed by atoms with Crippen LogP contribution in [-0.4, -0.2) is 22.8 Å². The minimum atomic E-state index is 0.123. The molecule has 1 amide bonds. The molecule has 0 spiro atoms. The van der Waals surface area contributed by atoms with Crippen molar-refractivity contribution >= 4 is 28.0 Å². The molecule has 0 atom stereocenters. The number of aryl methyl sites for hydroxylation is 1. The molecule has 0 bridgehead atoms. The van der Waals surface area contributed by atoms with E-state index in [4.69, 9.17) is 4.98 Å². The van der Waals surface area contributed by atoms with Crippen LogP contribution >= 0.6 is 11.3 Å². The number of rotatable bonds is 6. The highest BCUT2D eigenvalue weighted by molar-refractivity contribution is 7.11. The van der Waals surface area contributed by atoms with Crippen LogP contribution in [0.1, 0.15) is 26.7 Å². The summed E-state index contributed by atoms with van der Waals surface area (Å²) < 4.78 is 0. The molecule has 0 unspecified atom stereocenters. The third kappa shape index (κ3) is 4.54.